The van der Waals surface area contributed by atoms with Crippen molar-refractivity contribution in [3.8, 4) is 0 Å². The molecule has 1 aromatic carbocycles. The largest absolute Gasteiger partial charge is 0.448 e. The van der Waals surface area contributed by atoms with Crippen molar-refractivity contribution < 1.29 is 23.9 Å². The van der Waals surface area contributed by atoms with Crippen LogP contribution in [-0.4, -0.2) is 35.5 Å². The van der Waals surface area contributed by atoms with Gasteiger partial charge in [-0.05, 0) is 30.5 Å². The van der Waals surface area contributed by atoms with Crippen molar-refractivity contribution in [1.82, 2.24) is 0 Å². The van der Waals surface area contributed by atoms with Crippen LogP contribution in [0.25, 0.3) is 0 Å². The molecule has 150 valence electrons. The molecule has 0 unspecified atom stereocenters. The number of nitrogens with zero attached hydrogens (tertiary/aromatic N) is 2. The Morgan fingerprint density at radius 3 is 2.62 bits per heavy atom. The van der Waals surface area contributed by atoms with E-state index in [-0.39, 0.29) is 35.0 Å². The van der Waals surface area contributed by atoms with Gasteiger partial charge >= 0.3 is 5.97 Å². The van der Waals surface area contributed by atoms with Crippen LogP contribution < -0.4 is 16.1 Å². The lowest BCUT2D eigenvalue weighted by molar-refractivity contribution is -0.146. The van der Waals surface area contributed by atoms with Crippen LogP contribution in [0, 0.1) is 0 Å². The third-order valence-electron chi connectivity index (χ3n) is 4.09. The summed E-state index contributed by atoms with van der Waals surface area (Å²) in [6.45, 7) is 1.40. The quantitative estimate of drug-likeness (QED) is 0.697. The summed E-state index contributed by atoms with van der Waals surface area (Å²) in [7, 11) is 0. The summed E-state index contributed by atoms with van der Waals surface area (Å²) in [4.78, 5) is 48.2. The molecular formula is C19H18N4O5S. The maximum Gasteiger partial charge on any atom is 0.355 e. The molecule has 0 radical (unpaired) electrons. The number of anilines is 2. The zero-order chi connectivity index (χ0) is 21.0. The number of para-hydroxylation sites is 1. The van der Waals surface area contributed by atoms with Gasteiger partial charge in [0.05, 0.1) is 11.3 Å². The molecular weight excluding hydrogens is 396 g/mol. The first kappa shape index (κ1) is 20.2. The Hall–Kier alpha value is -3.53. The number of carbonyl (C=O) groups is 4. The van der Waals surface area contributed by atoms with Crippen molar-refractivity contribution in [2.75, 3.05) is 10.3 Å². The Morgan fingerprint density at radius 2 is 1.93 bits per heavy atom. The normalized spacial score (nSPS) is 14.7. The molecule has 0 saturated carbocycles. The lowest BCUT2D eigenvalue weighted by Gasteiger charge is -2.23. The molecule has 0 bridgehead atoms. The number of thiophene rings is 1. The highest BCUT2D eigenvalue weighted by molar-refractivity contribution is 7.14. The number of hydrogen-bond acceptors (Lipinski definition) is 7. The van der Waals surface area contributed by atoms with E-state index in [1.54, 1.807) is 35.7 Å². The average Bonchev–Trinajstić information content (AvgIpc) is 3.17. The van der Waals surface area contributed by atoms with Gasteiger partial charge in [0.1, 0.15) is 10.7 Å². The van der Waals surface area contributed by atoms with E-state index in [2.05, 4.69) is 10.4 Å². The molecule has 0 spiro atoms. The van der Waals surface area contributed by atoms with Gasteiger partial charge < -0.3 is 15.8 Å². The predicted molar refractivity (Wildman–Crippen MR) is 108 cm³/mol. The molecule has 3 amide bonds. The number of hydrazone groups is 1. The number of benzene rings is 1. The minimum absolute atomic E-state index is 0.0436. The SMILES string of the molecule is C[C@H](OC(=O)C1=NN(c2ccccc2)C(=O)CC1)C(=O)Nc1sccc1C(N)=O. The van der Waals surface area contributed by atoms with Gasteiger partial charge in [0, 0.05) is 12.8 Å². The number of amides is 3. The van der Waals surface area contributed by atoms with Crippen LogP contribution in [0.5, 0.6) is 0 Å². The molecule has 2 heterocycles. The van der Waals surface area contributed by atoms with Crippen molar-refractivity contribution in [2.45, 2.75) is 25.9 Å². The zero-order valence-corrected chi connectivity index (χ0v) is 16.3. The summed E-state index contributed by atoms with van der Waals surface area (Å²) in [5.74, 6) is -2.32. The smallest absolute Gasteiger partial charge is 0.355 e. The summed E-state index contributed by atoms with van der Waals surface area (Å²) in [5.41, 5.74) is 6.00. The van der Waals surface area contributed by atoms with E-state index in [0.29, 0.717) is 5.69 Å². The lowest BCUT2D eigenvalue weighted by Crippen LogP contribution is -2.37. The summed E-state index contributed by atoms with van der Waals surface area (Å²) in [6.07, 6.45) is -0.928. The highest BCUT2D eigenvalue weighted by Crippen LogP contribution is 2.23. The van der Waals surface area contributed by atoms with Crippen LogP contribution >= 0.6 is 11.3 Å². The Morgan fingerprint density at radius 1 is 1.21 bits per heavy atom. The van der Waals surface area contributed by atoms with Crippen molar-refractivity contribution in [2.24, 2.45) is 10.8 Å². The van der Waals surface area contributed by atoms with Crippen molar-refractivity contribution in [3.05, 3.63) is 47.3 Å². The van der Waals surface area contributed by atoms with E-state index in [9.17, 15) is 19.2 Å². The molecule has 0 aliphatic carbocycles. The van der Waals surface area contributed by atoms with E-state index >= 15 is 0 Å². The molecule has 1 aliphatic rings. The first-order valence-corrected chi connectivity index (χ1v) is 9.59. The fraction of sp³-hybridized carbons (Fsp3) is 0.211. The minimum atomic E-state index is -1.14. The Bertz CT molecular complexity index is 985. The average molecular weight is 414 g/mol. The maximum atomic E-state index is 12.4. The summed E-state index contributed by atoms with van der Waals surface area (Å²) >= 11 is 1.13. The van der Waals surface area contributed by atoms with Gasteiger partial charge in [-0.1, -0.05) is 18.2 Å². The molecule has 3 N–H and O–H groups in total. The summed E-state index contributed by atoms with van der Waals surface area (Å²) in [5, 5.41) is 9.65. The highest BCUT2D eigenvalue weighted by atomic mass is 32.1. The number of ether oxygens (including phenoxy) is 1. The van der Waals surface area contributed by atoms with Crippen molar-refractivity contribution >= 4 is 51.4 Å². The summed E-state index contributed by atoms with van der Waals surface area (Å²) < 4.78 is 5.19. The second-order valence-electron chi connectivity index (χ2n) is 6.15. The zero-order valence-electron chi connectivity index (χ0n) is 15.5. The number of nitrogens with one attached hydrogen (secondary N) is 1. The van der Waals surface area contributed by atoms with Gasteiger partial charge in [0.2, 0.25) is 5.91 Å². The van der Waals surface area contributed by atoms with Crippen LogP contribution in [0.2, 0.25) is 0 Å². The number of primary amides is 1. The Labute approximate surface area is 170 Å². The molecule has 0 saturated heterocycles. The molecule has 29 heavy (non-hydrogen) atoms. The van der Waals surface area contributed by atoms with Gasteiger partial charge in [-0.25, -0.2) is 9.80 Å². The van der Waals surface area contributed by atoms with E-state index in [0.717, 1.165) is 16.3 Å². The van der Waals surface area contributed by atoms with E-state index in [1.165, 1.54) is 13.0 Å². The fourth-order valence-corrected chi connectivity index (χ4v) is 3.36. The lowest BCUT2D eigenvalue weighted by atomic mass is 10.1. The standard InChI is InChI=1S/C19H18N4O5S/c1-11(17(26)21-18-13(16(20)25)9-10-29-18)28-19(27)14-7-8-15(24)23(22-14)12-5-3-2-4-6-12/h2-6,9-11H,7-8H2,1H3,(H2,20,25)(H,21,26)/t11-/m0/s1. The second-order valence-corrected chi connectivity index (χ2v) is 7.07. The highest BCUT2D eigenvalue weighted by Gasteiger charge is 2.29. The molecule has 1 aliphatic heterocycles. The molecule has 0 fully saturated rings. The van der Waals surface area contributed by atoms with Crippen molar-refractivity contribution in [1.29, 1.82) is 0 Å². The van der Waals surface area contributed by atoms with Gasteiger partial charge in [0.15, 0.2) is 6.10 Å². The molecule has 1 atom stereocenters. The number of esters is 1. The van der Waals surface area contributed by atoms with Gasteiger partial charge in [0.25, 0.3) is 11.8 Å². The number of carbonyl (C=O) groups excluding carboxylic acids is 4. The van der Waals surface area contributed by atoms with Gasteiger partial charge in [-0.2, -0.15) is 5.10 Å². The van der Waals surface area contributed by atoms with Crippen LogP contribution in [0.1, 0.15) is 30.1 Å². The van der Waals surface area contributed by atoms with E-state index < -0.39 is 23.9 Å². The first-order valence-electron chi connectivity index (χ1n) is 8.71. The minimum Gasteiger partial charge on any atom is -0.448 e. The molecule has 1 aromatic heterocycles. The predicted octanol–water partition coefficient (Wildman–Crippen LogP) is 1.90. The topological polar surface area (TPSA) is 131 Å². The molecule has 10 heteroatoms. The van der Waals surface area contributed by atoms with Crippen LogP contribution in [0.15, 0.2) is 46.9 Å². The third-order valence-corrected chi connectivity index (χ3v) is 4.92. The summed E-state index contributed by atoms with van der Waals surface area (Å²) in [6, 6.07) is 10.2. The van der Waals surface area contributed by atoms with Crippen LogP contribution in [0.4, 0.5) is 10.7 Å². The first-order chi connectivity index (χ1) is 13.9. The maximum absolute atomic E-state index is 12.4. The Kier molecular flexibility index (Phi) is 6.03. The molecule has 3 rings (SSSR count). The van der Waals surface area contributed by atoms with Gasteiger partial charge in [-0.3, -0.25) is 14.4 Å². The Balaban J connectivity index is 1.67. The van der Waals surface area contributed by atoms with Crippen LogP contribution in [-0.2, 0) is 19.1 Å². The second kappa shape index (κ2) is 8.65. The van der Waals surface area contributed by atoms with E-state index in [1.807, 2.05) is 0 Å². The molecule has 9 nitrogen and oxygen atoms in total. The number of rotatable bonds is 6. The van der Waals surface area contributed by atoms with Crippen molar-refractivity contribution in [3.63, 3.8) is 0 Å². The number of nitrogens with two attached hydrogens (primary N) is 1. The number of hydrogen-bond donors (Lipinski definition) is 2. The third kappa shape index (κ3) is 4.66. The van der Waals surface area contributed by atoms with E-state index in [4.69, 9.17) is 10.5 Å². The van der Waals surface area contributed by atoms with Crippen LogP contribution in [0.3, 0.4) is 0 Å². The fourth-order valence-electron chi connectivity index (χ4n) is 2.57. The van der Waals surface area contributed by atoms with Gasteiger partial charge in [-0.15, -0.1) is 11.3 Å². The monoisotopic (exact) mass is 414 g/mol. The molecule has 2 aromatic rings.